The minimum absolute atomic E-state index is 0. The van der Waals surface area contributed by atoms with Crippen LogP contribution in [0.5, 0.6) is 5.75 Å². The summed E-state index contributed by atoms with van der Waals surface area (Å²) in [6.07, 6.45) is 0.934. The number of ether oxygens (including phenoxy) is 1. The summed E-state index contributed by atoms with van der Waals surface area (Å²) < 4.78 is 5.62. The highest BCUT2D eigenvalue weighted by molar-refractivity contribution is 5.85. The van der Waals surface area contributed by atoms with Gasteiger partial charge >= 0.3 is 0 Å². The molecule has 2 N–H and O–H groups in total. The molecule has 0 aliphatic carbocycles. The first-order valence-corrected chi connectivity index (χ1v) is 7.38. The first-order valence-electron chi connectivity index (χ1n) is 7.38. The van der Waals surface area contributed by atoms with Crippen molar-refractivity contribution >= 4 is 18.3 Å². The van der Waals surface area contributed by atoms with Crippen LogP contribution in [0.4, 0.5) is 0 Å². The van der Waals surface area contributed by atoms with E-state index in [1.165, 1.54) is 5.56 Å². The quantitative estimate of drug-likeness (QED) is 0.793. The summed E-state index contributed by atoms with van der Waals surface area (Å²) in [7, 11) is 0. The van der Waals surface area contributed by atoms with Crippen LogP contribution >= 0.6 is 12.4 Å². The van der Waals surface area contributed by atoms with Crippen molar-refractivity contribution in [3.05, 3.63) is 29.8 Å². The molecule has 0 saturated carbocycles. The van der Waals surface area contributed by atoms with Crippen LogP contribution in [0.15, 0.2) is 24.3 Å². The normalized spacial score (nSPS) is 17.4. The second-order valence-electron chi connectivity index (χ2n) is 5.55. The Morgan fingerprint density at radius 2 is 2.10 bits per heavy atom. The summed E-state index contributed by atoms with van der Waals surface area (Å²) in [6.45, 7) is 7.14. The topological polar surface area (TPSA) is 50.4 Å². The molecule has 0 aromatic heterocycles. The van der Waals surface area contributed by atoms with E-state index < -0.39 is 0 Å². The van der Waals surface area contributed by atoms with E-state index in [9.17, 15) is 4.79 Å². The fraction of sp³-hybridized carbons (Fsp3) is 0.562. The molecule has 0 radical (unpaired) electrons. The highest BCUT2D eigenvalue weighted by atomic mass is 35.5. The highest BCUT2D eigenvalue weighted by Gasteiger charge is 2.21. The number of carbonyl (C=O) groups is 1. The molecule has 1 atom stereocenters. The SMILES string of the molecule is CC(C)c1ccc(OCCNC(=O)C2CCNC2)cc1.Cl. The molecule has 1 aliphatic heterocycles. The second-order valence-corrected chi connectivity index (χ2v) is 5.55. The number of carbonyl (C=O) groups excluding carboxylic acids is 1. The van der Waals surface area contributed by atoms with Crippen LogP contribution in [0.25, 0.3) is 0 Å². The monoisotopic (exact) mass is 312 g/mol. The summed E-state index contributed by atoms with van der Waals surface area (Å²) in [4.78, 5) is 11.8. The molecule has 1 unspecified atom stereocenters. The van der Waals surface area contributed by atoms with Crippen molar-refractivity contribution in [3.63, 3.8) is 0 Å². The van der Waals surface area contributed by atoms with E-state index >= 15 is 0 Å². The average molecular weight is 313 g/mol. The third-order valence-corrected chi connectivity index (χ3v) is 3.65. The molecule has 1 aliphatic rings. The van der Waals surface area contributed by atoms with Crippen LogP contribution in [-0.2, 0) is 4.79 Å². The number of hydrogen-bond acceptors (Lipinski definition) is 3. The lowest BCUT2D eigenvalue weighted by Gasteiger charge is -2.11. The Morgan fingerprint density at radius 1 is 1.38 bits per heavy atom. The maximum absolute atomic E-state index is 11.8. The molecule has 1 aromatic rings. The smallest absolute Gasteiger partial charge is 0.224 e. The Bertz CT molecular complexity index is 428. The van der Waals surface area contributed by atoms with Crippen molar-refractivity contribution < 1.29 is 9.53 Å². The van der Waals surface area contributed by atoms with Gasteiger partial charge in [-0.3, -0.25) is 4.79 Å². The van der Waals surface area contributed by atoms with Crippen molar-refractivity contribution in [2.24, 2.45) is 5.92 Å². The van der Waals surface area contributed by atoms with Gasteiger partial charge in [0, 0.05) is 6.54 Å². The number of rotatable bonds is 6. The maximum Gasteiger partial charge on any atom is 0.224 e. The third-order valence-electron chi connectivity index (χ3n) is 3.65. The van der Waals surface area contributed by atoms with Crippen molar-refractivity contribution in [3.8, 4) is 5.75 Å². The predicted octanol–water partition coefficient (Wildman–Crippen LogP) is 2.34. The summed E-state index contributed by atoms with van der Waals surface area (Å²) in [5, 5.41) is 6.11. The van der Waals surface area contributed by atoms with Crippen molar-refractivity contribution in [2.75, 3.05) is 26.2 Å². The average Bonchev–Trinajstić information content (AvgIpc) is 2.98. The van der Waals surface area contributed by atoms with Gasteiger partial charge in [0.15, 0.2) is 0 Å². The van der Waals surface area contributed by atoms with Gasteiger partial charge in [-0.15, -0.1) is 12.4 Å². The lowest BCUT2D eigenvalue weighted by Crippen LogP contribution is -2.34. The second kappa shape index (κ2) is 8.90. The zero-order valence-electron chi connectivity index (χ0n) is 12.7. The lowest BCUT2D eigenvalue weighted by atomic mass is 10.0. The van der Waals surface area contributed by atoms with Gasteiger partial charge in [0.2, 0.25) is 5.91 Å². The van der Waals surface area contributed by atoms with Crippen molar-refractivity contribution in [1.82, 2.24) is 10.6 Å². The van der Waals surface area contributed by atoms with E-state index in [1.807, 2.05) is 12.1 Å². The highest BCUT2D eigenvalue weighted by Crippen LogP contribution is 2.18. The van der Waals surface area contributed by atoms with Gasteiger partial charge < -0.3 is 15.4 Å². The van der Waals surface area contributed by atoms with Gasteiger partial charge in [-0.2, -0.15) is 0 Å². The van der Waals surface area contributed by atoms with Crippen LogP contribution < -0.4 is 15.4 Å². The Labute approximate surface area is 133 Å². The van der Waals surface area contributed by atoms with Crippen molar-refractivity contribution in [1.29, 1.82) is 0 Å². The molecule has 5 heteroatoms. The van der Waals surface area contributed by atoms with Crippen LogP contribution in [-0.4, -0.2) is 32.1 Å². The largest absolute Gasteiger partial charge is 0.492 e. The van der Waals surface area contributed by atoms with E-state index in [-0.39, 0.29) is 24.2 Å². The molecular weight excluding hydrogens is 288 g/mol. The van der Waals surface area contributed by atoms with Gasteiger partial charge in [0.05, 0.1) is 12.5 Å². The molecule has 118 valence electrons. The summed E-state index contributed by atoms with van der Waals surface area (Å²) >= 11 is 0. The fourth-order valence-electron chi connectivity index (χ4n) is 2.31. The molecule has 0 spiro atoms. The molecule has 1 saturated heterocycles. The number of benzene rings is 1. The molecule has 2 rings (SSSR count). The molecule has 0 bridgehead atoms. The zero-order valence-corrected chi connectivity index (χ0v) is 13.5. The van der Waals surface area contributed by atoms with Crippen molar-refractivity contribution in [2.45, 2.75) is 26.2 Å². The number of halogens is 1. The summed E-state index contributed by atoms with van der Waals surface area (Å²) in [5.74, 6) is 1.64. The minimum Gasteiger partial charge on any atom is -0.492 e. The third kappa shape index (κ3) is 5.56. The molecule has 1 aromatic carbocycles. The van der Waals surface area contributed by atoms with E-state index in [2.05, 4.69) is 36.6 Å². The van der Waals surface area contributed by atoms with E-state index in [4.69, 9.17) is 4.74 Å². The molecule has 4 nitrogen and oxygen atoms in total. The van der Waals surface area contributed by atoms with Crippen LogP contribution in [0, 0.1) is 5.92 Å². The summed E-state index contributed by atoms with van der Waals surface area (Å²) in [5.41, 5.74) is 1.30. The van der Waals surface area contributed by atoms with Crippen LogP contribution in [0.1, 0.15) is 31.7 Å². The molecular formula is C16H25ClN2O2. The molecule has 1 fully saturated rings. The van der Waals surface area contributed by atoms with Gasteiger partial charge in [-0.25, -0.2) is 0 Å². The standard InChI is InChI=1S/C16H24N2O2.ClH/c1-12(2)13-3-5-15(6-4-13)20-10-9-18-16(19)14-7-8-17-11-14;/h3-6,12,14,17H,7-11H2,1-2H3,(H,18,19);1H. The number of amides is 1. The zero-order chi connectivity index (χ0) is 14.4. The minimum atomic E-state index is 0. The van der Waals surface area contributed by atoms with E-state index in [1.54, 1.807) is 0 Å². The van der Waals surface area contributed by atoms with E-state index in [0.29, 0.717) is 19.1 Å². The predicted molar refractivity (Wildman–Crippen MR) is 87.3 cm³/mol. The van der Waals surface area contributed by atoms with Crippen LogP contribution in [0.3, 0.4) is 0 Å². The Morgan fingerprint density at radius 3 is 2.67 bits per heavy atom. The summed E-state index contributed by atoms with van der Waals surface area (Å²) in [6, 6.07) is 8.14. The number of nitrogens with one attached hydrogen (secondary N) is 2. The first kappa shape index (κ1) is 17.8. The Balaban J connectivity index is 0.00000220. The Kier molecular flexibility index (Phi) is 7.54. The molecule has 1 heterocycles. The van der Waals surface area contributed by atoms with Gasteiger partial charge in [0.1, 0.15) is 12.4 Å². The van der Waals surface area contributed by atoms with Gasteiger partial charge in [-0.1, -0.05) is 26.0 Å². The molecule has 21 heavy (non-hydrogen) atoms. The maximum atomic E-state index is 11.8. The van der Waals surface area contributed by atoms with Gasteiger partial charge in [-0.05, 0) is 36.6 Å². The first-order chi connectivity index (χ1) is 9.66. The molecule has 1 amide bonds. The van der Waals surface area contributed by atoms with Crippen LogP contribution in [0.2, 0.25) is 0 Å². The number of hydrogen-bond donors (Lipinski definition) is 2. The lowest BCUT2D eigenvalue weighted by molar-refractivity contribution is -0.124. The van der Waals surface area contributed by atoms with Gasteiger partial charge in [0.25, 0.3) is 0 Å². The fourth-order valence-corrected chi connectivity index (χ4v) is 2.31. The van der Waals surface area contributed by atoms with E-state index in [0.717, 1.165) is 25.3 Å². The Hall–Kier alpha value is -1.26.